The summed E-state index contributed by atoms with van der Waals surface area (Å²) >= 11 is 0. The van der Waals surface area contributed by atoms with Crippen LogP contribution in [0.3, 0.4) is 0 Å². The summed E-state index contributed by atoms with van der Waals surface area (Å²) in [6.45, 7) is 3.75. The lowest BCUT2D eigenvalue weighted by molar-refractivity contribution is -0.0532. The summed E-state index contributed by atoms with van der Waals surface area (Å²) in [5.41, 5.74) is 0.859. The van der Waals surface area contributed by atoms with Crippen molar-refractivity contribution in [2.75, 3.05) is 13.1 Å². The van der Waals surface area contributed by atoms with Gasteiger partial charge in [-0.3, -0.25) is 0 Å². The van der Waals surface area contributed by atoms with E-state index in [-0.39, 0.29) is 5.92 Å². The molecule has 0 bridgehead atoms. The van der Waals surface area contributed by atoms with Crippen molar-refractivity contribution in [2.24, 2.45) is 5.92 Å². The number of aromatic nitrogens is 3. The molecule has 1 fully saturated rings. The van der Waals surface area contributed by atoms with Gasteiger partial charge in [-0.25, -0.2) is 4.68 Å². The standard InChI is InChI=1S/C15H20N4O/c1-2-12-10-16-9-8-15(12,20)14-11-17-18-19(14)13-6-4-3-5-7-13/h3-7,11-12,16,20H,2,8-10H2,1H3. The van der Waals surface area contributed by atoms with Gasteiger partial charge in [-0.05, 0) is 31.5 Å². The average Bonchev–Trinajstić information content (AvgIpc) is 2.99. The van der Waals surface area contributed by atoms with Gasteiger partial charge in [-0.1, -0.05) is 30.3 Å². The Morgan fingerprint density at radius 2 is 2.20 bits per heavy atom. The van der Waals surface area contributed by atoms with E-state index in [2.05, 4.69) is 22.6 Å². The fraction of sp³-hybridized carbons (Fsp3) is 0.467. The van der Waals surface area contributed by atoms with Crippen LogP contribution in [-0.2, 0) is 5.60 Å². The first-order valence-electron chi connectivity index (χ1n) is 7.15. The topological polar surface area (TPSA) is 63.0 Å². The molecule has 1 aliphatic rings. The van der Waals surface area contributed by atoms with Crippen molar-refractivity contribution in [1.82, 2.24) is 20.3 Å². The number of nitrogens with one attached hydrogen (secondary N) is 1. The monoisotopic (exact) mass is 272 g/mol. The molecule has 1 aromatic carbocycles. The number of piperidine rings is 1. The van der Waals surface area contributed by atoms with Gasteiger partial charge in [0.25, 0.3) is 0 Å². The molecule has 2 N–H and O–H groups in total. The second-order valence-electron chi connectivity index (χ2n) is 5.35. The fourth-order valence-electron chi connectivity index (χ4n) is 3.04. The van der Waals surface area contributed by atoms with Gasteiger partial charge >= 0.3 is 0 Å². The highest BCUT2D eigenvalue weighted by Gasteiger charge is 2.42. The van der Waals surface area contributed by atoms with Crippen molar-refractivity contribution >= 4 is 0 Å². The molecule has 106 valence electrons. The fourth-order valence-corrected chi connectivity index (χ4v) is 3.04. The summed E-state index contributed by atoms with van der Waals surface area (Å²) < 4.78 is 1.76. The van der Waals surface area contributed by atoms with Gasteiger partial charge < -0.3 is 10.4 Å². The number of benzene rings is 1. The molecule has 5 nitrogen and oxygen atoms in total. The minimum Gasteiger partial charge on any atom is -0.383 e. The van der Waals surface area contributed by atoms with Crippen LogP contribution >= 0.6 is 0 Å². The van der Waals surface area contributed by atoms with E-state index in [1.165, 1.54) is 0 Å². The van der Waals surface area contributed by atoms with Crippen molar-refractivity contribution in [3.8, 4) is 5.69 Å². The van der Waals surface area contributed by atoms with E-state index in [4.69, 9.17) is 0 Å². The lowest BCUT2D eigenvalue weighted by atomic mass is 9.78. The van der Waals surface area contributed by atoms with Crippen molar-refractivity contribution < 1.29 is 5.11 Å². The Morgan fingerprint density at radius 3 is 2.95 bits per heavy atom. The zero-order valence-electron chi connectivity index (χ0n) is 11.7. The van der Waals surface area contributed by atoms with E-state index in [0.717, 1.165) is 30.9 Å². The SMILES string of the molecule is CCC1CNCCC1(O)c1cnnn1-c1ccccc1. The van der Waals surface area contributed by atoms with Crippen molar-refractivity contribution in [2.45, 2.75) is 25.4 Å². The third kappa shape index (κ3) is 2.13. The van der Waals surface area contributed by atoms with Gasteiger partial charge in [0.15, 0.2) is 0 Å². The molecule has 3 rings (SSSR count). The summed E-state index contributed by atoms with van der Waals surface area (Å²) in [5.74, 6) is 0.178. The number of hydrogen-bond acceptors (Lipinski definition) is 4. The summed E-state index contributed by atoms with van der Waals surface area (Å²) in [5, 5.41) is 22.7. The van der Waals surface area contributed by atoms with E-state index in [9.17, 15) is 5.11 Å². The van der Waals surface area contributed by atoms with Gasteiger partial charge in [0, 0.05) is 12.5 Å². The third-order valence-corrected chi connectivity index (χ3v) is 4.24. The van der Waals surface area contributed by atoms with Crippen molar-refractivity contribution in [3.63, 3.8) is 0 Å². The Labute approximate surface area is 118 Å². The Hall–Kier alpha value is -1.72. The molecule has 0 amide bonds. The minimum absolute atomic E-state index is 0.178. The van der Waals surface area contributed by atoms with Gasteiger partial charge in [-0.2, -0.15) is 0 Å². The zero-order valence-corrected chi connectivity index (χ0v) is 11.7. The number of hydrogen-bond donors (Lipinski definition) is 2. The van der Waals surface area contributed by atoms with Crippen LogP contribution in [0.4, 0.5) is 0 Å². The molecule has 2 aromatic rings. The largest absolute Gasteiger partial charge is 0.383 e. The highest BCUT2D eigenvalue weighted by atomic mass is 16.3. The first-order valence-corrected chi connectivity index (χ1v) is 7.15. The van der Waals surface area contributed by atoms with Crippen LogP contribution in [0.5, 0.6) is 0 Å². The van der Waals surface area contributed by atoms with Crippen molar-refractivity contribution in [3.05, 3.63) is 42.2 Å². The molecule has 2 atom stereocenters. The summed E-state index contributed by atoms with van der Waals surface area (Å²) in [7, 11) is 0. The first kappa shape index (κ1) is 13.3. The normalized spacial score (nSPS) is 26.6. The Balaban J connectivity index is 2.04. The second-order valence-corrected chi connectivity index (χ2v) is 5.35. The highest BCUT2D eigenvalue weighted by molar-refractivity contribution is 5.33. The predicted molar refractivity (Wildman–Crippen MR) is 76.5 cm³/mol. The molecule has 0 spiro atoms. The molecule has 1 saturated heterocycles. The molecule has 2 unspecified atom stereocenters. The number of aliphatic hydroxyl groups is 1. The Morgan fingerprint density at radius 1 is 1.40 bits per heavy atom. The first-order chi connectivity index (χ1) is 9.75. The highest BCUT2D eigenvalue weighted by Crippen LogP contribution is 2.37. The molecule has 1 aliphatic heterocycles. The predicted octanol–water partition coefficient (Wildman–Crippen LogP) is 1.47. The van der Waals surface area contributed by atoms with E-state index < -0.39 is 5.60 Å². The van der Waals surface area contributed by atoms with E-state index in [1.54, 1.807) is 10.9 Å². The maximum atomic E-state index is 11.2. The van der Waals surface area contributed by atoms with E-state index in [0.29, 0.717) is 6.42 Å². The summed E-state index contributed by atoms with van der Waals surface area (Å²) in [4.78, 5) is 0. The quantitative estimate of drug-likeness (QED) is 0.888. The number of rotatable bonds is 3. The molecule has 5 heteroatoms. The molecule has 2 heterocycles. The maximum Gasteiger partial charge on any atom is 0.113 e. The lowest BCUT2D eigenvalue weighted by Crippen LogP contribution is -2.48. The molecule has 0 radical (unpaired) electrons. The van der Waals surface area contributed by atoms with Crippen LogP contribution in [-0.4, -0.2) is 33.2 Å². The lowest BCUT2D eigenvalue weighted by Gasteiger charge is -2.39. The van der Waals surface area contributed by atoms with Gasteiger partial charge in [0.1, 0.15) is 5.60 Å². The smallest absolute Gasteiger partial charge is 0.113 e. The minimum atomic E-state index is -0.862. The van der Waals surface area contributed by atoms with Crippen LogP contribution in [0.1, 0.15) is 25.5 Å². The van der Waals surface area contributed by atoms with Gasteiger partial charge in [0.05, 0.1) is 17.6 Å². The Bertz CT molecular complexity index is 568. The van der Waals surface area contributed by atoms with Crippen LogP contribution in [0, 0.1) is 5.92 Å². The summed E-state index contributed by atoms with van der Waals surface area (Å²) in [6.07, 6.45) is 3.30. The number of para-hydroxylation sites is 1. The van der Waals surface area contributed by atoms with Gasteiger partial charge in [0.2, 0.25) is 0 Å². The third-order valence-electron chi connectivity index (χ3n) is 4.24. The zero-order chi connectivity index (χ0) is 14.0. The second kappa shape index (κ2) is 5.34. The van der Waals surface area contributed by atoms with Crippen molar-refractivity contribution in [1.29, 1.82) is 0 Å². The van der Waals surface area contributed by atoms with E-state index >= 15 is 0 Å². The molecule has 0 aliphatic carbocycles. The molecular formula is C15H20N4O. The van der Waals surface area contributed by atoms with Crippen LogP contribution < -0.4 is 5.32 Å². The summed E-state index contributed by atoms with van der Waals surface area (Å²) in [6, 6.07) is 9.84. The molecule has 20 heavy (non-hydrogen) atoms. The van der Waals surface area contributed by atoms with E-state index in [1.807, 2.05) is 30.3 Å². The Kier molecular flexibility index (Phi) is 3.54. The van der Waals surface area contributed by atoms with Crippen LogP contribution in [0.2, 0.25) is 0 Å². The molecule has 1 aromatic heterocycles. The average molecular weight is 272 g/mol. The maximum absolute atomic E-state index is 11.2. The van der Waals surface area contributed by atoms with Crippen LogP contribution in [0.15, 0.2) is 36.5 Å². The molecule has 0 saturated carbocycles. The number of nitrogens with zero attached hydrogens (tertiary/aromatic N) is 3. The molecular weight excluding hydrogens is 252 g/mol. The van der Waals surface area contributed by atoms with Gasteiger partial charge in [-0.15, -0.1) is 5.10 Å². The van der Waals surface area contributed by atoms with Crippen LogP contribution in [0.25, 0.3) is 5.69 Å².